The van der Waals surface area contributed by atoms with Crippen molar-refractivity contribution in [3.05, 3.63) is 57.5 Å². The van der Waals surface area contributed by atoms with Gasteiger partial charge in [0, 0.05) is 18.3 Å². The zero-order valence-electron chi connectivity index (χ0n) is 13.4. The second kappa shape index (κ2) is 5.14. The number of aryl methyl sites for hydroxylation is 1. The van der Waals surface area contributed by atoms with E-state index < -0.39 is 0 Å². The van der Waals surface area contributed by atoms with E-state index in [0.717, 1.165) is 29.7 Å². The highest BCUT2D eigenvalue weighted by Gasteiger charge is 2.54. The summed E-state index contributed by atoms with van der Waals surface area (Å²) in [5.74, 6) is 2.16. The van der Waals surface area contributed by atoms with Gasteiger partial charge in [-0.15, -0.1) is 5.10 Å². The van der Waals surface area contributed by atoms with E-state index in [1.54, 1.807) is 6.07 Å². The molecule has 122 valence electrons. The molecule has 2 aromatic heterocycles. The van der Waals surface area contributed by atoms with Crippen LogP contribution in [0.4, 0.5) is 5.13 Å². The van der Waals surface area contributed by atoms with E-state index in [0.29, 0.717) is 16.8 Å². The Morgan fingerprint density at radius 3 is 3.12 bits per heavy atom. The van der Waals surface area contributed by atoms with Crippen LogP contribution in [0.1, 0.15) is 29.7 Å². The molecule has 3 aromatic rings. The van der Waals surface area contributed by atoms with Gasteiger partial charge in [-0.05, 0) is 41.7 Å². The van der Waals surface area contributed by atoms with Crippen LogP contribution < -0.4 is 10.9 Å². The molecule has 0 amide bonds. The molecule has 2 aliphatic rings. The van der Waals surface area contributed by atoms with Crippen LogP contribution in [0.15, 0.2) is 35.1 Å². The Morgan fingerprint density at radius 2 is 2.25 bits per heavy atom. The lowest BCUT2D eigenvalue weighted by Gasteiger charge is -2.07. The number of anilines is 1. The van der Waals surface area contributed by atoms with Gasteiger partial charge in [-0.1, -0.05) is 42.5 Å². The number of benzene rings is 1. The van der Waals surface area contributed by atoms with Crippen LogP contribution in [0.5, 0.6) is 0 Å². The Kier molecular flexibility index (Phi) is 3.03. The monoisotopic (exact) mass is 338 g/mol. The summed E-state index contributed by atoms with van der Waals surface area (Å²) in [4.78, 5) is 17.2. The molecule has 0 saturated heterocycles. The predicted molar refractivity (Wildman–Crippen MR) is 94.9 cm³/mol. The van der Waals surface area contributed by atoms with Gasteiger partial charge in [0.2, 0.25) is 10.1 Å². The van der Waals surface area contributed by atoms with Crippen molar-refractivity contribution in [2.45, 2.75) is 25.7 Å². The van der Waals surface area contributed by atoms with Gasteiger partial charge in [0.05, 0.1) is 0 Å². The summed E-state index contributed by atoms with van der Waals surface area (Å²) >= 11 is 1.45. The first kappa shape index (κ1) is 14.2. The van der Waals surface area contributed by atoms with Crippen LogP contribution in [0.2, 0.25) is 0 Å². The summed E-state index contributed by atoms with van der Waals surface area (Å²) in [6, 6.07) is 10.4. The summed E-state index contributed by atoms with van der Waals surface area (Å²) < 4.78 is 1.40. The number of rotatable bonds is 4. The van der Waals surface area contributed by atoms with Crippen molar-refractivity contribution in [3.63, 3.8) is 0 Å². The molecule has 5 rings (SSSR count). The largest absolute Gasteiger partial charge is 0.360 e. The number of aromatic nitrogens is 3. The quantitative estimate of drug-likeness (QED) is 0.795. The standard InChI is InChI=1S/C18H18N4OS/c1-2-11-8-15(23)22-18(20-11)24-17(21-22)19-9-14-13-7-10-5-3-4-6-12(10)16(13)14/h3-6,8,13-14,16H,2,7,9H2,1H3,(H,19,21). The van der Waals surface area contributed by atoms with Gasteiger partial charge in [0.1, 0.15) is 0 Å². The Balaban J connectivity index is 1.33. The lowest BCUT2D eigenvalue weighted by Crippen LogP contribution is -2.15. The molecule has 0 bridgehead atoms. The van der Waals surface area contributed by atoms with Gasteiger partial charge in [-0.2, -0.15) is 4.52 Å². The highest BCUT2D eigenvalue weighted by atomic mass is 32.1. The number of hydrogen-bond acceptors (Lipinski definition) is 5. The molecule has 6 heteroatoms. The van der Waals surface area contributed by atoms with Crippen molar-refractivity contribution in [2.24, 2.45) is 11.8 Å². The van der Waals surface area contributed by atoms with Crippen molar-refractivity contribution in [2.75, 3.05) is 11.9 Å². The van der Waals surface area contributed by atoms with Crippen molar-refractivity contribution in [1.29, 1.82) is 0 Å². The highest BCUT2D eigenvalue weighted by Crippen LogP contribution is 2.61. The first-order chi connectivity index (χ1) is 11.7. The minimum absolute atomic E-state index is 0.0987. The lowest BCUT2D eigenvalue weighted by molar-refractivity contribution is 0.717. The summed E-state index contributed by atoms with van der Waals surface area (Å²) in [6.45, 7) is 2.92. The summed E-state index contributed by atoms with van der Waals surface area (Å²) in [5, 5.41) is 8.59. The molecule has 0 aliphatic heterocycles. The Labute approximate surface area is 143 Å². The fourth-order valence-corrected chi connectivity index (χ4v) is 4.91. The Bertz CT molecular complexity index is 992. The van der Waals surface area contributed by atoms with Gasteiger partial charge < -0.3 is 5.32 Å². The molecule has 0 radical (unpaired) electrons. The van der Waals surface area contributed by atoms with Gasteiger partial charge >= 0.3 is 0 Å². The molecule has 2 heterocycles. The zero-order chi connectivity index (χ0) is 16.3. The maximum Gasteiger partial charge on any atom is 0.275 e. The third-order valence-corrected chi connectivity index (χ3v) is 6.22. The molecule has 1 N–H and O–H groups in total. The molecule has 3 atom stereocenters. The fraction of sp³-hybridized carbons (Fsp3) is 0.389. The second-order valence-electron chi connectivity index (χ2n) is 6.68. The minimum Gasteiger partial charge on any atom is -0.360 e. The lowest BCUT2D eigenvalue weighted by atomic mass is 10.0. The summed E-state index contributed by atoms with van der Waals surface area (Å²) in [7, 11) is 0. The van der Waals surface area contributed by atoms with Crippen molar-refractivity contribution < 1.29 is 0 Å². The molecule has 3 unspecified atom stereocenters. The maximum atomic E-state index is 12.1. The average molecular weight is 338 g/mol. The molecule has 24 heavy (non-hydrogen) atoms. The smallest absolute Gasteiger partial charge is 0.275 e. The van der Waals surface area contributed by atoms with Gasteiger partial charge in [-0.25, -0.2) is 4.98 Å². The Hall–Kier alpha value is -2.21. The van der Waals surface area contributed by atoms with Crippen LogP contribution in [0, 0.1) is 11.8 Å². The van der Waals surface area contributed by atoms with E-state index in [2.05, 4.69) is 39.7 Å². The van der Waals surface area contributed by atoms with Crippen molar-refractivity contribution in [1.82, 2.24) is 14.6 Å². The van der Waals surface area contributed by atoms with E-state index in [1.165, 1.54) is 33.4 Å². The van der Waals surface area contributed by atoms with Crippen LogP contribution in [-0.2, 0) is 12.8 Å². The Morgan fingerprint density at radius 1 is 1.38 bits per heavy atom. The molecular formula is C18H18N4OS. The van der Waals surface area contributed by atoms with E-state index in [4.69, 9.17) is 0 Å². The van der Waals surface area contributed by atoms with Crippen LogP contribution >= 0.6 is 11.3 Å². The highest BCUT2D eigenvalue weighted by molar-refractivity contribution is 7.20. The fourth-order valence-electron chi connectivity index (χ4n) is 4.08. The summed E-state index contributed by atoms with van der Waals surface area (Å²) in [6.07, 6.45) is 1.96. The zero-order valence-corrected chi connectivity index (χ0v) is 14.2. The van der Waals surface area contributed by atoms with E-state index >= 15 is 0 Å². The van der Waals surface area contributed by atoms with Crippen LogP contribution in [0.25, 0.3) is 4.96 Å². The average Bonchev–Trinajstić information content (AvgIpc) is 2.95. The van der Waals surface area contributed by atoms with Crippen molar-refractivity contribution >= 4 is 21.4 Å². The normalized spacial score (nSPS) is 24.0. The van der Waals surface area contributed by atoms with Gasteiger partial charge in [0.25, 0.3) is 5.56 Å². The van der Waals surface area contributed by atoms with Gasteiger partial charge in [0.15, 0.2) is 0 Å². The van der Waals surface area contributed by atoms with Crippen molar-refractivity contribution in [3.8, 4) is 0 Å². The second-order valence-corrected chi connectivity index (χ2v) is 7.63. The predicted octanol–water partition coefficient (Wildman–Crippen LogP) is 2.71. The first-order valence-corrected chi connectivity index (χ1v) is 9.27. The maximum absolute atomic E-state index is 12.1. The third-order valence-electron chi connectivity index (χ3n) is 5.35. The number of hydrogen-bond donors (Lipinski definition) is 1. The number of nitrogens with one attached hydrogen (secondary N) is 1. The SMILES string of the molecule is CCc1cc(=O)n2nc(NCC3C4Cc5ccccc5C34)sc2n1. The molecule has 1 aromatic carbocycles. The molecule has 1 saturated carbocycles. The molecule has 1 fully saturated rings. The molecule has 2 aliphatic carbocycles. The first-order valence-electron chi connectivity index (χ1n) is 8.46. The van der Waals surface area contributed by atoms with E-state index in [1.807, 2.05) is 6.92 Å². The summed E-state index contributed by atoms with van der Waals surface area (Å²) in [5.41, 5.74) is 3.78. The van der Waals surface area contributed by atoms with E-state index in [-0.39, 0.29) is 5.56 Å². The number of nitrogens with zero attached hydrogens (tertiary/aromatic N) is 3. The topological polar surface area (TPSA) is 59.3 Å². The molecule has 0 spiro atoms. The van der Waals surface area contributed by atoms with Crippen LogP contribution in [0.3, 0.4) is 0 Å². The van der Waals surface area contributed by atoms with Crippen LogP contribution in [-0.4, -0.2) is 21.1 Å². The minimum atomic E-state index is -0.0987. The number of fused-ring (bicyclic) bond motifs is 4. The van der Waals surface area contributed by atoms with E-state index in [9.17, 15) is 4.79 Å². The molecular weight excluding hydrogens is 320 g/mol. The van der Waals surface area contributed by atoms with Gasteiger partial charge in [-0.3, -0.25) is 4.79 Å². The molecule has 5 nitrogen and oxygen atoms in total. The third kappa shape index (κ3) is 2.09.